The number of aromatic nitrogens is 2. The Labute approximate surface area is 180 Å². The van der Waals surface area contributed by atoms with E-state index < -0.39 is 27.6 Å². The molecule has 13 heteroatoms. The first-order chi connectivity index (χ1) is 14.5. The van der Waals surface area contributed by atoms with Crippen LogP contribution in [0, 0.1) is 17.0 Å². The van der Waals surface area contributed by atoms with Crippen LogP contribution in [0.3, 0.4) is 0 Å². The molecule has 1 N–H and O–H groups in total. The normalized spacial score (nSPS) is 15.2. The number of halogens is 4. The largest absolute Gasteiger partial charge is 0.417 e. The standard InChI is InChI=1S/C18H20ClF3N6O3/c1-11-16(28(30)31)17(25(2)24-11)27-7-5-26(6-8-27)10-15(29)23-12-3-4-14(19)13(9-12)18(20,21)22/h3-4,9H,5-8,10H2,1-2H3,(H,23,29). The molecule has 1 saturated heterocycles. The predicted molar refractivity (Wildman–Crippen MR) is 108 cm³/mol. The van der Waals surface area contributed by atoms with Crippen LogP contribution in [-0.2, 0) is 18.0 Å². The Morgan fingerprint density at radius 1 is 1.29 bits per heavy atom. The minimum absolute atomic E-state index is 0.00125. The Morgan fingerprint density at radius 3 is 2.52 bits per heavy atom. The van der Waals surface area contributed by atoms with E-state index in [9.17, 15) is 28.1 Å². The van der Waals surface area contributed by atoms with Gasteiger partial charge in [0.15, 0.2) is 0 Å². The average Bonchev–Trinajstić information content (AvgIpc) is 2.97. The molecule has 0 radical (unpaired) electrons. The molecule has 1 aliphatic rings. The third-order valence-electron chi connectivity index (χ3n) is 4.94. The highest BCUT2D eigenvalue weighted by molar-refractivity contribution is 6.31. The molecular weight excluding hydrogens is 441 g/mol. The summed E-state index contributed by atoms with van der Waals surface area (Å²) in [6, 6.07) is 3.18. The number of alkyl halides is 3. The molecule has 0 unspecified atom stereocenters. The molecule has 9 nitrogen and oxygen atoms in total. The molecule has 168 valence electrons. The highest BCUT2D eigenvalue weighted by Crippen LogP contribution is 2.36. The average molecular weight is 461 g/mol. The van der Waals surface area contributed by atoms with Gasteiger partial charge in [0, 0.05) is 38.9 Å². The third-order valence-corrected chi connectivity index (χ3v) is 5.27. The number of benzene rings is 1. The van der Waals surface area contributed by atoms with Gasteiger partial charge in [0.05, 0.1) is 22.1 Å². The number of nitro groups is 1. The summed E-state index contributed by atoms with van der Waals surface area (Å²) in [7, 11) is 1.64. The van der Waals surface area contributed by atoms with Crippen molar-refractivity contribution < 1.29 is 22.9 Å². The van der Waals surface area contributed by atoms with Gasteiger partial charge in [-0.2, -0.15) is 18.3 Å². The maximum absolute atomic E-state index is 13.0. The van der Waals surface area contributed by atoms with E-state index >= 15 is 0 Å². The van der Waals surface area contributed by atoms with E-state index in [1.54, 1.807) is 14.0 Å². The van der Waals surface area contributed by atoms with Crippen molar-refractivity contribution in [1.29, 1.82) is 0 Å². The van der Waals surface area contributed by atoms with E-state index in [0.29, 0.717) is 37.7 Å². The number of amides is 1. The van der Waals surface area contributed by atoms with E-state index in [1.807, 2.05) is 9.80 Å². The van der Waals surface area contributed by atoms with Crippen molar-refractivity contribution >= 4 is 34.7 Å². The van der Waals surface area contributed by atoms with Crippen molar-refractivity contribution in [3.05, 3.63) is 44.6 Å². The van der Waals surface area contributed by atoms with Crippen LogP contribution < -0.4 is 10.2 Å². The molecule has 1 aromatic carbocycles. The second-order valence-corrected chi connectivity index (χ2v) is 7.55. The van der Waals surface area contributed by atoms with Crippen molar-refractivity contribution in [2.24, 2.45) is 7.05 Å². The zero-order valence-electron chi connectivity index (χ0n) is 16.7. The Kier molecular flexibility index (Phi) is 6.41. The minimum Gasteiger partial charge on any atom is -0.349 e. The van der Waals surface area contributed by atoms with E-state index in [0.717, 1.165) is 12.1 Å². The number of hydrogen-bond donors (Lipinski definition) is 1. The first-order valence-electron chi connectivity index (χ1n) is 9.29. The predicted octanol–water partition coefficient (Wildman–Crippen LogP) is 3.07. The molecule has 3 rings (SSSR count). The van der Waals surface area contributed by atoms with Crippen LogP contribution in [0.2, 0.25) is 5.02 Å². The minimum atomic E-state index is -4.62. The molecule has 1 aliphatic heterocycles. The Morgan fingerprint density at radius 2 is 1.94 bits per heavy atom. The maximum Gasteiger partial charge on any atom is 0.417 e. The van der Waals surface area contributed by atoms with E-state index in [4.69, 9.17) is 11.6 Å². The molecule has 0 spiro atoms. The van der Waals surface area contributed by atoms with Crippen molar-refractivity contribution in [1.82, 2.24) is 14.7 Å². The van der Waals surface area contributed by atoms with E-state index in [-0.39, 0.29) is 17.9 Å². The summed E-state index contributed by atoms with van der Waals surface area (Å²) < 4.78 is 40.4. The monoisotopic (exact) mass is 460 g/mol. The van der Waals surface area contributed by atoms with Crippen LogP contribution in [0.4, 0.5) is 30.4 Å². The summed E-state index contributed by atoms with van der Waals surface area (Å²) in [4.78, 5) is 26.9. The summed E-state index contributed by atoms with van der Waals surface area (Å²) in [5, 5.41) is 17.5. The first kappa shape index (κ1) is 22.8. The van der Waals surface area contributed by atoms with Gasteiger partial charge >= 0.3 is 11.9 Å². The quantitative estimate of drug-likeness (QED) is 0.544. The summed E-state index contributed by atoms with van der Waals surface area (Å²) in [6.07, 6.45) is -4.62. The molecule has 2 aromatic rings. The fourth-order valence-corrected chi connectivity index (χ4v) is 3.77. The van der Waals surface area contributed by atoms with Crippen molar-refractivity contribution in [3.8, 4) is 0 Å². The fourth-order valence-electron chi connectivity index (χ4n) is 3.54. The lowest BCUT2D eigenvalue weighted by atomic mass is 10.2. The lowest BCUT2D eigenvalue weighted by Crippen LogP contribution is -2.49. The van der Waals surface area contributed by atoms with Crippen LogP contribution in [0.15, 0.2) is 18.2 Å². The molecule has 0 saturated carbocycles. The van der Waals surface area contributed by atoms with E-state index in [2.05, 4.69) is 10.4 Å². The van der Waals surface area contributed by atoms with Gasteiger partial charge in [-0.05, 0) is 25.1 Å². The van der Waals surface area contributed by atoms with Gasteiger partial charge in [-0.25, -0.2) is 4.68 Å². The highest BCUT2D eigenvalue weighted by Gasteiger charge is 2.34. The van der Waals surface area contributed by atoms with Gasteiger partial charge in [-0.3, -0.25) is 19.8 Å². The number of carbonyl (C=O) groups excluding carboxylic acids is 1. The zero-order valence-corrected chi connectivity index (χ0v) is 17.5. The van der Waals surface area contributed by atoms with Gasteiger partial charge in [0.25, 0.3) is 0 Å². The summed E-state index contributed by atoms with van der Waals surface area (Å²) >= 11 is 5.59. The molecule has 0 atom stereocenters. The van der Waals surface area contributed by atoms with Gasteiger partial charge in [0.2, 0.25) is 11.7 Å². The summed E-state index contributed by atoms with van der Waals surface area (Å²) in [6.45, 7) is 3.32. The maximum atomic E-state index is 13.0. The third kappa shape index (κ3) is 5.07. The molecule has 31 heavy (non-hydrogen) atoms. The summed E-state index contributed by atoms with van der Waals surface area (Å²) in [5.41, 5.74) is -0.739. The Balaban J connectivity index is 1.60. The molecule has 0 bridgehead atoms. The lowest BCUT2D eigenvalue weighted by molar-refractivity contribution is -0.384. The van der Waals surface area contributed by atoms with Crippen LogP contribution in [0.5, 0.6) is 0 Å². The second-order valence-electron chi connectivity index (χ2n) is 7.14. The molecule has 0 aliphatic carbocycles. The second kappa shape index (κ2) is 8.71. The van der Waals surface area contributed by atoms with Crippen molar-refractivity contribution in [2.75, 3.05) is 42.9 Å². The van der Waals surface area contributed by atoms with Crippen LogP contribution in [0.25, 0.3) is 0 Å². The number of piperazine rings is 1. The van der Waals surface area contributed by atoms with Crippen LogP contribution in [-0.4, -0.2) is 58.2 Å². The number of rotatable bonds is 5. The van der Waals surface area contributed by atoms with Gasteiger partial charge in [0.1, 0.15) is 5.69 Å². The van der Waals surface area contributed by atoms with Crippen molar-refractivity contribution in [3.63, 3.8) is 0 Å². The topological polar surface area (TPSA) is 96.5 Å². The van der Waals surface area contributed by atoms with Gasteiger partial charge in [-0.15, -0.1) is 0 Å². The molecular formula is C18H20ClF3N6O3. The number of anilines is 2. The van der Waals surface area contributed by atoms with Gasteiger partial charge < -0.3 is 10.2 Å². The fraction of sp³-hybridized carbons (Fsp3) is 0.444. The number of nitrogens with zero attached hydrogens (tertiary/aromatic N) is 5. The molecule has 1 aromatic heterocycles. The SMILES string of the molecule is Cc1nn(C)c(N2CCN(CC(=O)Nc3ccc(Cl)c(C(F)(F)F)c3)CC2)c1[N+](=O)[O-]. The molecule has 1 amide bonds. The smallest absolute Gasteiger partial charge is 0.349 e. The number of aryl methyl sites for hydroxylation is 2. The van der Waals surface area contributed by atoms with E-state index in [1.165, 1.54) is 10.7 Å². The zero-order chi connectivity index (χ0) is 22.9. The van der Waals surface area contributed by atoms with Gasteiger partial charge in [-0.1, -0.05) is 11.6 Å². The number of nitrogens with one attached hydrogen (secondary N) is 1. The number of carbonyl (C=O) groups is 1. The lowest BCUT2D eigenvalue weighted by Gasteiger charge is -2.34. The highest BCUT2D eigenvalue weighted by atomic mass is 35.5. The number of hydrogen-bond acceptors (Lipinski definition) is 6. The molecule has 1 fully saturated rings. The van der Waals surface area contributed by atoms with Crippen molar-refractivity contribution in [2.45, 2.75) is 13.1 Å². The Hall–Kier alpha value is -2.86. The van der Waals surface area contributed by atoms with Crippen LogP contribution in [0.1, 0.15) is 11.3 Å². The van der Waals surface area contributed by atoms with Crippen LogP contribution >= 0.6 is 11.6 Å². The first-order valence-corrected chi connectivity index (χ1v) is 9.67. The molecule has 2 heterocycles. The summed E-state index contributed by atoms with van der Waals surface area (Å²) in [5.74, 6) is -0.0568. The Bertz CT molecular complexity index is 1000.